The van der Waals surface area contributed by atoms with E-state index in [1.165, 1.54) is 28.9 Å². The highest BCUT2D eigenvalue weighted by molar-refractivity contribution is 6.42. The van der Waals surface area contributed by atoms with E-state index >= 15 is 0 Å². The van der Waals surface area contributed by atoms with Crippen molar-refractivity contribution in [2.24, 2.45) is 0 Å². The average molecular weight is 617 g/mol. The molecule has 218 valence electrons. The molecule has 42 heavy (non-hydrogen) atoms. The Morgan fingerprint density at radius 1 is 0.976 bits per heavy atom. The first kappa shape index (κ1) is 29.5. The number of carbonyl (C=O) groups is 2. The molecule has 0 bridgehead atoms. The van der Waals surface area contributed by atoms with Crippen LogP contribution in [0.5, 0.6) is 5.75 Å². The van der Waals surface area contributed by atoms with Gasteiger partial charge in [0, 0.05) is 35.3 Å². The predicted molar refractivity (Wildman–Crippen MR) is 154 cm³/mol. The lowest BCUT2D eigenvalue weighted by Gasteiger charge is -2.12. The molecule has 7 nitrogen and oxygen atoms in total. The third kappa shape index (κ3) is 6.55. The highest BCUT2D eigenvalue weighted by Gasteiger charge is 2.31. The molecule has 1 aromatic heterocycles. The number of hydrogen-bond acceptors (Lipinski definition) is 4. The molecule has 1 aliphatic rings. The molecule has 4 aromatic rings. The van der Waals surface area contributed by atoms with E-state index in [0.717, 1.165) is 55.1 Å². The van der Waals surface area contributed by atoms with Crippen LogP contribution in [0.1, 0.15) is 58.8 Å². The van der Waals surface area contributed by atoms with E-state index in [4.69, 9.17) is 23.2 Å². The van der Waals surface area contributed by atoms with E-state index in [1.807, 2.05) is 0 Å². The first-order chi connectivity index (χ1) is 20.0. The molecule has 0 unspecified atom stereocenters. The van der Waals surface area contributed by atoms with Crippen molar-refractivity contribution < 1.29 is 27.9 Å². The number of aromatic nitrogens is 2. The molecule has 0 saturated heterocycles. The smallest absolute Gasteiger partial charge is 0.416 e. The van der Waals surface area contributed by atoms with Crippen LogP contribution in [0.3, 0.4) is 0 Å². The van der Waals surface area contributed by atoms with Crippen LogP contribution in [0.15, 0.2) is 66.7 Å². The maximum atomic E-state index is 13.2. The monoisotopic (exact) mass is 616 g/mol. The quantitative estimate of drug-likeness (QED) is 0.203. The zero-order valence-corrected chi connectivity index (χ0v) is 23.5. The van der Waals surface area contributed by atoms with Crippen molar-refractivity contribution in [3.8, 4) is 17.0 Å². The molecule has 0 atom stereocenters. The van der Waals surface area contributed by atoms with Crippen LogP contribution in [0.25, 0.3) is 11.3 Å². The summed E-state index contributed by atoms with van der Waals surface area (Å²) >= 11 is 12.1. The van der Waals surface area contributed by atoms with Gasteiger partial charge in [0.1, 0.15) is 5.75 Å². The zero-order chi connectivity index (χ0) is 30.0. The molecule has 0 radical (unpaired) electrons. The van der Waals surface area contributed by atoms with Gasteiger partial charge in [-0.15, -0.1) is 0 Å². The van der Waals surface area contributed by atoms with E-state index in [0.29, 0.717) is 21.3 Å². The minimum Gasteiger partial charge on any atom is -0.507 e. The maximum absolute atomic E-state index is 13.2. The number of rotatable bonds is 6. The fraction of sp³-hybridized carbons (Fsp3) is 0.233. The van der Waals surface area contributed by atoms with E-state index in [9.17, 15) is 27.9 Å². The van der Waals surface area contributed by atoms with Crippen molar-refractivity contribution >= 4 is 40.8 Å². The largest absolute Gasteiger partial charge is 0.507 e. The molecule has 5 rings (SSSR count). The average Bonchev–Trinajstić information content (AvgIpc) is 3.64. The highest BCUT2D eigenvalue weighted by atomic mass is 35.5. The van der Waals surface area contributed by atoms with Crippen molar-refractivity contribution in [2.75, 3.05) is 5.32 Å². The number of phenols is 1. The van der Waals surface area contributed by atoms with Crippen LogP contribution in [0.2, 0.25) is 10.0 Å². The summed E-state index contributed by atoms with van der Waals surface area (Å²) in [5.74, 6) is -0.870. The number of amides is 2. The minimum atomic E-state index is -4.59. The van der Waals surface area contributed by atoms with Crippen molar-refractivity contribution in [1.82, 2.24) is 15.1 Å². The normalized spacial score (nSPS) is 13.7. The minimum absolute atomic E-state index is 0.121. The molecule has 0 aliphatic heterocycles. The number of anilines is 1. The van der Waals surface area contributed by atoms with Crippen LogP contribution in [0.4, 0.5) is 23.7 Å². The summed E-state index contributed by atoms with van der Waals surface area (Å²) in [6.45, 7) is 0.195. The summed E-state index contributed by atoms with van der Waals surface area (Å²) in [7, 11) is 0. The van der Waals surface area contributed by atoms with Gasteiger partial charge in [-0.2, -0.15) is 23.0 Å². The lowest BCUT2D eigenvalue weighted by Crippen LogP contribution is -2.30. The Morgan fingerprint density at radius 2 is 1.74 bits per heavy atom. The first-order valence-corrected chi connectivity index (χ1v) is 13.9. The molecule has 2 amide bonds. The van der Waals surface area contributed by atoms with Crippen LogP contribution < -0.4 is 10.6 Å². The highest BCUT2D eigenvalue weighted by Crippen LogP contribution is 2.38. The molecule has 3 aromatic carbocycles. The molecule has 3 N–H and O–H groups in total. The van der Waals surface area contributed by atoms with Gasteiger partial charge in [0.05, 0.1) is 27.0 Å². The Labute approximate surface area is 249 Å². The summed E-state index contributed by atoms with van der Waals surface area (Å²) in [6.07, 6.45) is -0.726. The van der Waals surface area contributed by atoms with Crippen LogP contribution in [-0.4, -0.2) is 26.8 Å². The SMILES string of the molecule is O=C(Nc1ccc(-c2cc(C3CCCC3)n(C(=O)NCc3ccc(Cl)c(Cl)c3)n2)c(O)c1)c1cccc(C(F)(F)F)c1. The fourth-order valence-corrected chi connectivity index (χ4v) is 5.29. The number of hydrogen-bond donors (Lipinski definition) is 3. The molecule has 0 spiro atoms. The Hall–Kier alpha value is -4.02. The van der Waals surface area contributed by atoms with Gasteiger partial charge in [-0.3, -0.25) is 4.79 Å². The summed E-state index contributed by atoms with van der Waals surface area (Å²) in [4.78, 5) is 25.8. The van der Waals surface area contributed by atoms with E-state index in [2.05, 4.69) is 15.7 Å². The number of benzene rings is 3. The zero-order valence-electron chi connectivity index (χ0n) is 22.0. The Kier molecular flexibility index (Phi) is 8.47. The van der Waals surface area contributed by atoms with Gasteiger partial charge in [-0.25, -0.2) is 4.79 Å². The van der Waals surface area contributed by atoms with Gasteiger partial charge in [0.2, 0.25) is 0 Å². The summed E-state index contributed by atoms with van der Waals surface area (Å²) in [5.41, 5.74) is 1.21. The predicted octanol–water partition coefficient (Wildman–Crippen LogP) is 8.25. The second-order valence-electron chi connectivity index (χ2n) is 10.0. The molecule has 1 aliphatic carbocycles. The number of carbonyl (C=O) groups excluding carboxylic acids is 2. The number of phenolic OH excluding ortho intramolecular Hbond substituents is 1. The standard InChI is InChI=1S/C30H25Cl2F3N4O3/c31-23-11-8-17(12-24(23)32)16-36-29(42)39-26(18-4-1-2-5-18)15-25(38-39)22-10-9-21(14-27(22)40)37-28(41)19-6-3-7-20(13-19)30(33,34)35/h3,6-15,18,40H,1-2,4-5,16H2,(H,36,42)(H,37,41). The van der Waals surface area contributed by atoms with E-state index < -0.39 is 23.7 Å². The van der Waals surface area contributed by atoms with Gasteiger partial charge in [-0.05, 0) is 66.9 Å². The molecular weight excluding hydrogens is 592 g/mol. The molecule has 1 fully saturated rings. The van der Waals surface area contributed by atoms with Gasteiger partial charge in [0.25, 0.3) is 5.91 Å². The number of aromatic hydroxyl groups is 1. The number of alkyl halides is 3. The second kappa shape index (κ2) is 12.1. The fourth-order valence-electron chi connectivity index (χ4n) is 4.97. The van der Waals surface area contributed by atoms with Crippen molar-refractivity contribution in [3.63, 3.8) is 0 Å². The first-order valence-electron chi connectivity index (χ1n) is 13.1. The number of nitrogens with zero attached hydrogens (tertiary/aromatic N) is 2. The molecular formula is C30H25Cl2F3N4O3. The second-order valence-corrected chi connectivity index (χ2v) is 10.8. The molecule has 1 heterocycles. The number of halogens is 5. The Balaban J connectivity index is 1.36. The Morgan fingerprint density at radius 3 is 2.43 bits per heavy atom. The third-order valence-electron chi connectivity index (χ3n) is 7.11. The van der Waals surface area contributed by atoms with Crippen LogP contribution in [-0.2, 0) is 12.7 Å². The molecule has 12 heteroatoms. The lowest BCUT2D eigenvalue weighted by molar-refractivity contribution is -0.137. The van der Waals surface area contributed by atoms with E-state index in [1.54, 1.807) is 24.3 Å². The van der Waals surface area contributed by atoms with Gasteiger partial charge in [0.15, 0.2) is 0 Å². The lowest BCUT2D eigenvalue weighted by atomic mass is 10.0. The van der Waals surface area contributed by atoms with Crippen molar-refractivity contribution in [1.29, 1.82) is 0 Å². The maximum Gasteiger partial charge on any atom is 0.416 e. The Bertz CT molecular complexity index is 1650. The van der Waals surface area contributed by atoms with Gasteiger partial charge >= 0.3 is 12.2 Å². The summed E-state index contributed by atoms with van der Waals surface area (Å²) in [5, 5.41) is 21.4. The summed E-state index contributed by atoms with van der Waals surface area (Å²) in [6, 6.07) is 14.7. The van der Waals surface area contributed by atoms with Crippen molar-refractivity contribution in [2.45, 2.75) is 44.3 Å². The topological polar surface area (TPSA) is 96.3 Å². The van der Waals surface area contributed by atoms with Crippen molar-refractivity contribution in [3.05, 3.63) is 99.2 Å². The van der Waals surface area contributed by atoms with Crippen LogP contribution in [0, 0.1) is 0 Å². The van der Waals surface area contributed by atoms with Crippen LogP contribution >= 0.6 is 23.2 Å². The third-order valence-corrected chi connectivity index (χ3v) is 7.85. The number of nitrogens with one attached hydrogen (secondary N) is 2. The van der Waals surface area contributed by atoms with Gasteiger partial charge < -0.3 is 15.7 Å². The summed E-state index contributed by atoms with van der Waals surface area (Å²) < 4.78 is 40.4. The molecule has 1 saturated carbocycles. The van der Waals surface area contributed by atoms with E-state index in [-0.39, 0.29) is 29.5 Å². The van der Waals surface area contributed by atoms with Gasteiger partial charge in [-0.1, -0.05) is 48.2 Å².